The Kier molecular flexibility index (Phi) is 2.74. The summed E-state index contributed by atoms with van der Waals surface area (Å²) in [6.45, 7) is 4.11. The van der Waals surface area contributed by atoms with Crippen molar-refractivity contribution < 1.29 is 4.92 Å². The summed E-state index contributed by atoms with van der Waals surface area (Å²) >= 11 is 0. The molecule has 1 aromatic carbocycles. The Balaban J connectivity index is 2.33. The maximum absolute atomic E-state index is 11.3. The first-order valence-corrected chi connectivity index (χ1v) is 6.73. The van der Waals surface area contributed by atoms with Gasteiger partial charge in [-0.3, -0.25) is 10.1 Å². The lowest BCUT2D eigenvalue weighted by molar-refractivity contribution is -0.384. The summed E-state index contributed by atoms with van der Waals surface area (Å²) in [5.41, 5.74) is 2.00. The van der Waals surface area contributed by atoms with Gasteiger partial charge in [0.15, 0.2) is 5.69 Å². The number of rotatable bonds is 3. The zero-order valence-electron chi connectivity index (χ0n) is 11.5. The van der Waals surface area contributed by atoms with E-state index in [1.807, 2.05) is 24.3 Å². The quantitative estimate of drug-likeness (QED) is 0.687. The largest absolute Gasteiger partial charge is 0.361 e. The van der Waals surface area contributed by atoms with Gasteiger partial charge in [-0.2, -0.15) is 5.10 Å². The highest BCUT2D eigenvalue weighted by Crippen LogP contribution is 2.44. The maximum Gasteiger partial charge on any atom is 0.315 e. The van der Waals surface area contributed by atoms with Gasteiger partial charge in [0.05, 0.1) is 4.92 Å². The molecule has 0 atom stereocenters. The predicted molar refractivity (Wildman–Crippen MR) is 76.5 cm³/mol. The van der Waals surface area contributed by atoms with Crippen molar-refractivity contribution in [2.45, 2.75) is 32.4 Å². The van der Waals surface area contributed by atoms with Gasteiger partial charge in [0.25, 0.3) is 0 Å². The fraction of sp³-hybridized carbons (Fsp3) is 0.357. The van der Waals surface area contributed by atoms with Crippen molar-refractivity contribution in [1.29, 1.82) is 0 Å². The van der Waals surface area contributed by atoms with E-state index in [0.29, 0.717) is 5.69 Å². The van der Waals surface area contributed by atoms with E-state index < -0.39 is 5.66 Å². The molecular weight excluding hydrogens is 256 g/mol. The first-order chi connectivity index (χ1) is 9.63. The second-order valence-electron chi connectivity index (χ2n) is 4.96. The van der Waals surface area contributed by atoms with E-state index in [1.165, 1.54) is 6.20 Å². The number of para-hydroxylation sites is 1. The lowest BCUT2D eigenvalue weighted by Crippen LogP contribution is -2.44. The highest BCUT2D eigenvalue weighted by atomic mass is 16.6. The normalized spacial score (nSPS) is 15.1. The fourth-order valence-corrected chi connectivity index (χ4v) is 2.88. The summed E-state index contributed by atoms with van der Waals surface area (Å²) in [6, 6.07) is 7.65. The van der Waals surface area contributed by atoms with E-state index in [0.717, 1.165) is 24.1 Å². The average Bonchev–Trinajstić information content (AvgIpc) is 2.92. The number of hydrogen-bond donors (Lipinski definition) is 1. The zero-order chi connectivity index (χ0) is 14.3. The van der Waals surface area contributed by atoms with Crippen LogP contribution in [0.15, 0.2) is 30.5 Å². The zero-order valence-corrected chi connectivity index (χ0v) is 11.5. The number of nitrogens with zero attached hydrogens (tertiary/aromatic N) is 3. The van der Waals surface area contributed by atoms with Crippen molar-refractivity contribution in [3.05, 3.63) is 40.6 Å². The molecule has 1 aliphatic rings. The number of hydrogen-bond acceptors (Lipinski definition) is 4. The molecule has 0 spiro atoms. The van der Waals surface area contributed by atoms with Crippen LogP contribution < -0.4 is 5.32 Å². The number of aromatic nitrogens is 2. The molecule has 0 aliphatic carbocycles. The Bertz CT molecular complexity index is 674. The highest BCUT2D eigenvalue weighted by molar-refractivity contribution is 5.83. The van der Waals surface area contributed by atoms with Crippen LogP contribution in [-0.2, 0) is 5.66 Å². The molecule has 1 aromatic heterocycles. The second kappa shape index (κ2) is 4.33. The fourth-order valence-electron chi connectivity index (χ4n) is 2.88. The molecule has 104 valence electrons. The first-order valence-electron chi connectivity index (χ1n) is 6.73. The van der Waals surface area contributed by atoms with Gasteiger partial charge >= 0.3 is 5.69 Å². The van der Waals surface area contributed by atoms with Crippen LogP contribution in [0.3, 0.4) is 0 Å². The Hall–Kier alpha value is -2.37. The number of fused-ring (bicyclic) bond motifs is 3. The van der Waals surface area contributed by atoms with E-state index in [4.69, 9.17) is 0 Å². The van der Waals surface area contributed by atoms with Gasteiger partial charge in [0, 0.05) is 11.3 Å². The Labute approximate surface area is 116 Å². The highest BCUT2D eigenvalue weighted by Gasteiger charge is 2.40. The van der Waals surface area contributed by atoms with Crippen LogP contribution in [0.5, 0.6) is 0 Å². The van der Waals surface area contributed by atoms with Crippen molar-refractivity contribution >= 4 is 11.4 Å². The van der Waals surface area contributed by atoms with Crippen molar-refractivity contribution in [3.8, 4) is 11.3 Å². The lowest BCUT2D eigenvalue weighted by atomic mass is 9.96. The SMILES string of the molecule is CCC1(CC)Nc2ccccc2-c2c([N+](=O)[O-])cnn21. The van der Waals surface area contributed by atoms with Gasteiger partial charge in [-0.05, 0) is 18.9 Å². The number of anilines is 1. The molecule has 6 heteroatoms. The van der Waals surface area contributed by atoms with E-state index in [1.54, 1.807) is 4.68 Å². The second-order valence-corrected chi connectivity index (χ2v) is 4.96. The van der Waals surface area contributed by atoms with Crippen LogP contribution in [-0.4, -0.2) is 14.7 Å². The van der Waals surface area contributed by atoms with Gasteiger partial charge in [-0.15, -0.1) is 0 Å². The molecule has 0 saturated heterocycles. The topological polar surface area (TPSA) is 73.0 Å². The summed E-state index contributed by atoms with van der Waals surface area (Å²) in [5.74, 6) is 0. The van der Waals surface area contributed by atoms with Gasteiger partial charge in [0.2, 0.25) is 0 Å². The monoisotopic (exact) mass is 272 g/mol. The molecule has 2 heterocycles. The molecule has 3 rings (SSSR count). The van der Waals surface area contributed by atoms with Crippen LogP contribution in [0.1, 0.15) is 26.7 Å². The van der Waals surface area contributed by atoms with Crippen molar-refractivity contribution in [2.75, 3.05) is 5.32 Å². The van der Waals surface area contributed by atoms with E-state index in [2.05, 4.69) is 24.3 Å². The third-order valence-electron chi connectivity index (χ3n) is 4.07. The molecule has 1 aliphatic heterocycles. The summed E-state index contributed by atoms with van der Waals surface area (Å²) in [4.78, 5) is 10.9. The molecule has 0 unspecified atom stereocenters. The van der Waals surface area contributed by atoms with Crippen molar-refractivity contribution in [3.63, 3.8) is 0 Å². The van der Waals surface area contributed by atoms with Gasteiger partial charge in [-0.1, -0.05) is 32.0 Å². The molecule has 0 saturated carbocycles. The molecule has 1 N–H and O–H groups in total. The molecule has 0 radical (unpaired) electrons. The number of nitrogens with one attached hydrogen (secondary N) is 1. The smallest absolute Gasteiger partial charge is 0.315 e. The predicted octanol–water partition coefficient (Wildman–Crippen LogP) is 3.36. The van der Waals surface area contributed by atoms with Crippen LogP contribution in [0.2, 0.25) is 0 Å². The number of nitro groups is 1. The van der Waals surface area contributed by atoms with E-state index in [9.17, 15) is 10.1 Å². The molecule has 6 nitrogen and oxygen atoms in total. The Morgan fingerprint density at radius 1 is 1.35 bits per heavy atom. The minimum atomic E-state index is -0.405. The third-order valence-corrected chi connectivity index (χ3v) is 4.07. The van der Waals surface area contributed by atoms with Gasteiger partial charge in [-0.25, -0.2) is 4.68 Å². The summed E-state index contributed by atoms with van der Waals surface area (Å²) in [6.07, 6.45) is 2.94. The maximum atomic E-state index is 11.3. The van der Waals surface area contributed by atoms with E-state index in [-0.39, 0.29) is 10.6 Å². The third kappa shape index (κ3) is 1.54. The van der Waals surface area contributed by atoms with Gasteiger partial charge in [0.1, 0.15) is 11.9 Å². The standard InChI is InChI=1S/C14H16N4O2/c1-3-14(4-2)16-11-8-6-5-7-10(11)13-12(18(19)20)9-15-17(13)14/h5-9,16H,3-4H2,1-2H3. The van der Waals surface area contributed by atoms with E-state index >= 15 is 0 Å². The van der Waals surface area contributed by atoms with Crippen LogP contribution in [0, 0.1) is 10.1 Å². The first kappa shape index (κ1) is 12.7. The average molecular weight is 272 g/mol. The van der Waals surface area contributed by atoms with Gasteiger partial charge < -0.3 is 5.32 Å². The van der Waals surface area contributed by atoms with Crippen molar-refractivity contribution in [2.24, 2.45) is 0 Å². The summed E-state index contributed by atoms with van der Waals surface area (Å²) in [7, 11) is 0. The lowest BCUT2D eigenvalue weighted by Gasteiger charge is -2.39. The summed E-state index contributed by atoms with van der Waals surface area (Å²) in [5, 5.41) is 19.0. The van der Waals surface area contributed by atoms with Crippen LogP contribution >= 0.6 is 0 Å². The van der Waals surface area contributed by atoms with Crippen LogP contribution in [0.4, 0.5) is 11.4 Å². The molecule has 20 heavy (non-hydrogen) atoms. The van der Waals surface area contributed by atoms with Crippen molar-refractivity contribution in [1.82, 2.24) is 9.78 Å². The Morgan fingerprint density at radius 3 is 2.70 bits per heavy atom. The molecule has 0 amide bonds. The Morgan fingerprint density at radius 2 is 2.05 bits per heavy atom. The molecule has 0 fully saturated rings. The van der Waals surface area contributed by atoms with Crippen LogP contribution in [0.25, 0.3) is 11.3 Å². The molecule has 0 bridgehead atoms. The minimum Gasteiger partial charge on any atom is -0.361 e. The summed E-state index contributed by atoms with van der Waals surface area (Å²) < 4.78 is 1.77. The minimum absolute atomic E-state index is 0.0604. The number of benzene rings is 1. The molecule has 2 aromatic rings. The molecular formula is C14H16N4O2.